The van der Waals surface area contributed by atoms with Crippen molar-refractivity contribution in [2.75, 3.05) is 27.3 Å². The van der Waals surface area contributed by atoms with Crippen LogP contribution in [0.3, 0.4) is 0 Å². The fourth-order valence-corrected chi connectivity index (χ4v) is 2.14. The van der Waals surface area contributed by atoms with Gasteiger partial charge in [-0.25, -0.2) is 0 Å². The Morgan fingerprint density at radius 3 is 2.42 bits per heavy atom. The van der Waals surface area contributed by atoms with Crippen LogP contribution in [0.15, 0.2) is 18.2 Å². The molecule has 0 unspecified atom stereocenters. The largest absolute Gasteiger partial charge is 0.493 e. The van der Waals surface area contributed by atoms with Crippen molar-refractivity contribution in [1.29, 1.82) is 0 Å². The Morgan fingerprint density at radius 1 is 1.17 bits per heavy atom. The van der Waals surface area contributed by atoms with E-state index in [1.807, 2.05) is 13.8 Å². The van der Waals surface area contributed by atoms with Crippen LogP contribution in [-0.2, 0) is 9.59 Å². The number of hydrogen-bond acceptors (Lipinski definition) is 4. The van der Waals surface area contributed by atoms with Crippen LogP contribution in [0.1, 0.15) is 19.4 Å². The molecule has 1 rings (SSSR count). The van der Waals surface area contributed by atoms with Crippen LogP contribution in [-0.4, -0.2) is 39.1 Å². The SMILES string of the molecule is COc1cc(/C=C/C(=O)NCCNC(=O)C(C)C)cc(Cl)c1OC. The molecule has 0 aliphatic rings. The fraction of sp³-hybridized carbons (Fsp3) is 0.412. The Morgan fingerprint density at radius 2 is 1.83 bits per heavy atom. The van der Waals surface area contributed by atoms with E-state index in [-0.39, 0.29) is 17.7 Å². The molecule has 2 amide bonds. The molecule has 0 aromatic heterocycles. The molecule has 0 saturated heterocycles. The lowest BCUT2D eigenvalue weighted by atomic mass is 10.2. The molecule has 7 heteroatoms. The van der Waals surface area contributed by atoms with E-state index in [4.69, 9.17) is 21.1 Å². The summed E-state index contributed by atoms with van der Waals surface area (Å²) in [5.41, 5.74) is 0.709. The van der Waals surface area contributed by atoms with E-state index in [0.717, 1.165) is 0 Å². The second kappa shape index (κ2) is 9.82. The second-order valence-corrected chi connectivity index (χ2v) is 5.72. The first kappa shape index (κ1) is 19.8. The van der Waals surface area contributed by atoms with Gasteiger partial charge in [0, 0.05) is 25.1 Å². The van der Waals surface area contributed by atoms with E-state index in [9.17, 15) is 9.59 Å². The minimum atomic E-state index is -0.264. The number of amides is 2. The van der Waals surface area contributed by atoms with Gasteiger partial charge in [0.25, 0.3) is 0 Å². The van der Waals surface area contributed by atoms with Crippen LogP contribution >= 0.6 is 11.6 Å². The first-order valence-corrected chi connectivity index (χ1v) is 7.92. The van der Waals surface area contributed by atoms with Crippen molar-refractivity contribution in [2.24, 2.45) is 5.92 Å². The van der Waals surface area contributed by atoms with Crippen LogP contribution in [0.4, 0.5) is 0 Å². The van der Waals surface area contributed by atoms with Crippen molar-refractivity contribution in [3.63, 3.8) is 0 Å². The van der Waals surface area contributed by atoms with Gasteiger partial charge in [0.2, 0.25) is 11.8 Å². The second-order valence-electron chi connectivity index (χ2n) is 5.31. The highest BCUT2D eigenvalue weighted by Crippen LogP contribution is 2.36. The normalized spacial score (nSPS) is 10.8. The van der Waals surface area contributed by atoms with Crippen LogP contribution in [0.25, 0.3) is 6.08 Å². The van der Waals surface area contributed by atoms with E-state index >= 15 is 0 Å². The summed E-state index contributed by atoms with van der Waals surface area (Å²) in [6.07, 6.45) is 3.01. The van der Waals surface area contributed by atoms with Gasteiger partial charge < -0.3 is 20.1 Å². The van der Waals surface area contributed by atoms with E-state index in [0.29, 0.717) is 35.2 Å². The molecular weight excluding hydrogens is 332 g/mol. The number of ether oxygens (including phenoxy) is 2. The van der Waals surface area contributed by atoms with Gasteiger partial charge in [0.05, 0.1) is 19.2 Å². The van der Waals surface area contributed by atoms with Gasteiger partial charge in [-0.3, -0.25) is 9.59 Å². The predicted molar refractivity (Wildman–Crippen MR) is 94.4 cm³/mol. The maximum atomic E-state index is 11.8. The molecule has 0 radical (unpaired) electrons. The summed E-state index contributed by atoms with van der Waals surface area (Å²) in [7, 11) is 3.02. The lowest BCUT2D eigenvalue weighted by Crippen LogP contribution is -2.35. The van der Waals surface area contributed by atoms with Crippen LogP contribution in [0.2, 0.25) is 5.02 Å². The molecule has 132 valence electrons. The maximum Gasteiger partial charge on any atom is 0.244 e. The third-order valence-electron chi connectivity index (χ3n) is 3.13. The van der Waals surface area contributed by atoms with Crippen molar-refractivity contribution in [3.05, 3.63) is 28.8 Å². The van der Waals surface area contributed by atoms with Gasteiger partial charge in [0.1, 0.15) is 0 Å². The Hall–Kier alpha value is -2.21. The monoisotopic (exact) mass is 354 g/mol. The van der Waals surface area contributed by atoms with E-state index < -0.39 is 0 Å². The molecule has 0 fully saturated rings. The summed E-state index contributed by atoms with van der Waals surface area (Å²) in [6, 6.07) is 3.40. The lowest BCUT2D eigenvalue weighted by molar-refractivity contribution is -0.124. The van der Waals surface area contributed by atoms with Crippen molar-refractivity contribution in [2.45, 2.75) is 13.8 Å². The van der Waals surface area contributed by atoms with Gasteiger partial charge in [-0.1, -0.05) is 25.4 Å². The molecule has 1 aromatic rings. The van der Waals surface area contributed by atoms with Crippen molar-refractivity contribution in [1.82, 2.24) is 10.6 Å². The molecule has 0 aliphatic carbocycles. The molecule has 24 heavy (non-hydrogen) atoms. The smallest absolute Gasteiger partial charge is 0.244 e. The summed E-state index contributed by atoms with van der Waals surface area (Å²) in [5, 5.41) is 5.80. The Labute approximate surface area is 147 Å². The highest BCUT2D eigenvalue weighted by atomic mass is 35.5. The third-order valence-corrected chi connectivity index (χ3v) is 3.41. The molecule has 0 bridgehead atoms. The number of methoxy groups -OCH3 is 2. The number of carbonyl (C=O) groups excluding carboxylic acids is 2. The zero-order chi connectivity index (χ0) is 18.1. The number of nitrogens with one attached hydrogen (secondary N) is 2. The summed E-state index contributed by atoms with van der Waals surface area (Å²) >= 11 is 6.11. The van der Waals surface area contributed by atoms with E-state index in [2.05, 4.69) is 10.6 Å². The highest BCUT2D eigenvalue weighted by molar-refractivity contribution is 6.32. The zero-order valence-electron chi connectivity index (χ0n) is 14.3. The summed E-state index contributed by atoms with van der Waals surface area (Å²) in [4.78, 5) is 23.1. The van der Waals surface area contributed by atoms with Crippen LogP contribution < -0.4 is 20.1 Å². The Bertz CT molecular complexity index is 615. The fourth-order valence-electron chi connectivity index (χ4n) is 1.84. The minimum absolute atomic E-state index is 0.0419. The standard InChI is InChI=1S/C17H23ClN2O4/c1-11(2)17(22)20-8-7-19-15(21)6-5-12-9-13(18)16(24-4)14(10-12)23-3/h5-6,9-11H,7-8H2,1-4H3,(H,19,21)(H,20,22)/b6-5+. The van der Waals surface area contributed by atoms with Gasteiger partial charge in [-0.2, -0.15) is 0 Å². The molecule has 0 saturated carbocycles. The first-order valence-electron chi connectivity index (χ1n) is 7.54. The van der Waals surface area contributed by atoms with E-state index in [1.165, 1.54) is 20.3 Å². The number of hydrogen-bond donors (Lipinski definition) is 2. The molecule has 0 spiro atoms. The van der Waals surface area contributed by atoms with Crippen molar-refractivity contribution < 1.29 is 19.1 Å². The minimum Gasteiger partial charge on any atom is -0.493 e. The molecule has 0 aliphatic heterocycles. The average molecular weight is 355 g/mol. The van der Waals surface area contributed by atoms with Gasteiger partial charge in [-0.05, 0) is 23.8 Å². The average Bonchev–Trinajstić information content (AvgIpc) is 2.55. The Kier molecular flexibility index (Phi) is 8.12. The number of benzene rings is 1. The summed E-state index contributed by atoms with van der Waals surface area (Å²) < 4.78 is 10.4. The zero-order valence-corrected chi connectivity index (χ0v) is 15.1. The van der Waals surface area contributed by atoms with Crippen molar-refractivity contribution in [3.8, 4) is 11.5 Å². The number of carbonyl (C=O) groups is 2. The third kappa shape index (κ3) is 6.12. The summed E-state index contributed by atoms with van der Waals surface area (Å²) in [6.45, 7) is 4.36. The maximum absolute atomic E-state index is 11.8. The molecule has 2 N–H and O–H groups in total. The van der Waals surface area contributed by atoms with Gasteiger partial charge in [0.15, 0.2) is 11.5 Å². The molecule has 0 heterocycles. The van der Waals surface area contributed by atoms with Crippen LogP contribution in [0, 0.1) is 5.92 Å². The summed E-state index contributed by atoms with van der Waals surface area (Å²) in [5.74, 6) is 0.554. The highest BCUT2D eigenvalue weighted by Gasteiger charge is 2.10. The topological polar surface area (TPSA) is 76.7 Å². The Balaban J connectivity index is 2.55. The molecular formula is C17H23ClN2O4. The quantitative estimate of drug-likeness (QED) is 0.554. The van der Waals surface area contributed by atoms with Crippen molar-refractivity contribution >= 4 is 29.5 Å². The number of rotatable bonds is 8. The van der Waals surface area contributed by atoms with Crippen LogP contribution in [0.5, 0.6) is 11.5 Å². The number of halogens is 1. The lowest BCUT2D eigenvalue weighted by Gasteiger charge is -2.10. The molecule has 6 nitrogen and oxygen atoms in total. The predicted octanol–water partition coefficient (Wildman–Crippen LogP) is 2.26. The van der Waals surface area contributed by atoms with Gasteiger partial charge >= 0.3 is 0 Å². The van der Waals surface area contributed by atoms with E-state index in [1.54, 1.807) is 18.2 Å². The molecule has 0 atom stereocenters. The first-order chi connectivity index (χ1) is 11.4. The molecule has 1 aromatic carbocycles. The van der Waals surface area contributed by atoms with Gasteiger partial charge in [-0.15, -0.1) is 0 Å².